The number of aryl methyl sites for hydroxylation is 2. The third kappa shape index (κ3) is 4.95. The predicted molar refractivity (Wildman–Crippen MR) is 111 cm³/mol. The molecule has 2 aromatic carbocycles. The van der Waals surface area contributed by atoms with E-state index in [4.69, 9.17) is 16.3 Å². The summed E-state index contributed by atoms with van der Waals surface area (Å²) in [6, 6.07) is 13.9. The highest BCUT2D eigenvalue weighted by atomic mass is 35.5. The Morgan fingerprint density at radius 2 is 1.74 bits per heavy atom. The summed E-state index contributed by atoms with van der Waals surface area (Å²) < 4.78 is 6.05. The largest absolute Gasteiger partial charge is 0.481 e. The quantitative estimate of drug-likeness (QED) is 0.760. The van der Waals surface area contributed by atoms with Gasteiger partial charge in [0, 0.05) is 36.9 Å². The van der Waals surface area contributed by atoms with Crippen LogP contribution < -0.4 is 9.64 Å². The number of anilines is 1. The molecular formula is C22H27ClN2O2. The van der Waals surface area contributed by atoms with Crippen LogP contribution in [0.1, 0.15) is 24.5 Å². The van der Waals surface area contributed by atoms with Gasteiger partial charge in [-0.05, 0) is 61.7 Å². The average molecular weight is 387 g/mol. The van der Waals surface area contributed by atoms with Gasteiger partial charge >= 0.3 is 0 Å². The minimum atomic E-state index is -0.441. The highest BCUT2D eigenvalue weighted by Gasteiger charge is 2.28. The van der Waals surface area contributed by atoms with Gasteiger partial charge in [-0.15, -0.1) is 0 Å². The SMILES string of the molecule is CC[C@H](Oc1cc(C)cc(C)c1)C(=O)N1CCN(c2cccc(Cl)c2)CC1. The number of rotatable bonds is 5. The maximum atomic E-state index is 13.0. The summed E-state index contributed by atoms with van der Waals surface area (Å²) in [4.78, 5) is 17.1. The summed E-state index contributed by atoms with van der Waals surface area (Å²) >= 11 is 6.10. The minimum absolute atomic E-state index is 0.0717. The molecule has 0 aromatic heterocycles. The van der Waals surface area contributed by atoms with Crippen LogP contribution in [0.3, 0.4) is 0 Å². The molecule has 1 amide bonds. The Bertz CT molecular complexity index is 780. The van der Waals surface area contributed by atoms with Crippen molar-refractivity contribution in [2.24, 2.45) is 0 Å². The van der Waals surface area contributed by atoms with E-state index in [1.807, 2.05) is 56.0 Å². The van der Waals surface area contributed by atoms with E-state index in [0.717, 1.165) is 40.7 Å². The lowest BCUT2D eigenvalue weighted by molar-refractivity contribution is -0.139. The van der Waals surface area contributed by atoms with E-state index in [9.17, 15) is 4.79 Å². The smallest absolute Gasteiger partial charge is 0.263 e. The minimum Gasteiger partial charge on any atom is -0.481 e. The molecule has 1 fully saturated rings. The molecule has 1 aliphatic rings. The molecule has 1 heterocycles. The molecule has 0 spiro atoms. The summed E-state index contributed by atoms with van der Waals surface area (Å²) in [5.74, 6) is 0.840. The van der Waals surface area contributed by atoms with Crippen molar-refractivity contribution in [3.05, 3.63) is 58.6 Å². The molecule has 0 radical (unpaired) electrons. The van der Waals surface area contributed by atoms with Crippen molar-refractivity contribution in [1.29, 1.82) is 0 Å². The number of carbonyl (C=O) groups excluding carboxylic acids is 1. The number of piperazine rings is 1. The first kappa shape index (κ1) is 19.6. The lowest BCUT2D eigenvalue weighted by atomic mass is 10.1. The Hall–Kier alpha value is -2.20. The van der Waals surface area contributed by atoms with Crippen molar-refractivity contribution in [1.82, 2.24) is 4.90 Å². The van der Waals surface area contributed by atoms with Crippen LogP contribution in [0.5, 0.6) is 5.75 Å². The number of ether oxygens (including phenoxy) is 1. The van der Waals surface area contributed by atoms with Crippen LogP contribution in [-0.2, 0) is 4.79 Å². The van der Waals surface area contributed by atoms with E-state index in [0.29, 0.717) is 19.5 Å². The van der Waals surface area contributed by atoms with Crippen molar-refractivity contribution in [2.45, 2.75) is 33.3 Å². The molecule has 5 heteroatoms. The van der Waals surface area contributed by atoms with Crippen LogP contribution in [0, 0.1) is 13.8 Å². The second-order valence-corrected chi connectivity index (χ2v) is 7.57. The summed E-state index contributed by atoms with van der Waals surface area (Å²) in [7, 11) is 0. The highest BCUT2D eigenvalue weighted by molar-refractivity contribution is 6.30. The predicted octanol–water partition coefficient (Wildman–Crippen LogP) is 4.46. The summed E-state index contributed by atoms with van der Waals surface area (Å²) in [6.45, 7) is 9.05. The van der Waals surface area contributed by atoms with Crippen LogP contribution >= 0.6 is 11.6 Å². The maximum absolute atomic E-state index is 13.0. The van der Waals surface area contributed by atoms with Crippen LogP contribution in [0.25, 0.3) is 0 Å². The van der Waals surface area contributed by atoms with Gasteiger partial charge in [0.1, 0.15) is 5.75 Å². The first-order valence-electron chi connectivity index (χ1n) is 9.50. The van der Waals surface area contributed by atoms with Gasteiger partial charge in [-0.3, -0.25) is 4.79 Å². The first-order chi connectivity index (χ1) is 13.0. The number of halogens is 1. The molecule has 3 rings (SSSR count). The van der Waals surface area contributed by atoms with Crippen molar-refractivity contribution >= 4 is 23.2 Å². The molecule has 1 aliphatic heterocycles. The zero-order valence-electron chi connectivity index (χ0n) is 16.2. The zero-order valence-corrected chi connectivity index (χ0v) is 17.0. The molecule has 0 saturated carbocycles. The van der Waals surface area contributed by atoms with Crippen LogP contribution in [0.15, 0.2) is 42.5 Å². The van der Waals surface area contributed by atoms with E-state index in [-0.39, 0.29) is 5.91 Å². The van der Waals surface area contributed by atoms with E-state index in [1.165, 1.54) is 0 Å². The molecule has 1 saturated heterocycles. The number of carbonyl (C=O) groups is 1. The van der Waals surface area contributed by atoms with Gasteiger partial charge in [0.15, 0.2) is 6.10 Å². The molecule has 0 bridgehead atoms. The van der Waals surface area contributed by atoms with Gasteiger partial charge in [0.2, 0.25) is 0 Å². The van der Waals surface area contributed by atoms with Gasteiger partial charge in [0.25, 0.3) is 5.91 Å². The topological polar surface area (TPSA) is 32.8 Å². The van der Waals surface area contributed by atoms with Crippen molar-refractivity contribution in [3.8, 4) is 5.75 Å². The summed E-state index contributed by atoms with van der Waals surface area (Å²) in [5.41, 5.74) is 3.39. The number of hydrogen-bond donors (Lipinski definition) is 0. The molecule has 4 nitrogen and oxygen atoms in total. The molecule has 0 aliphatic carbocycles. The third-order valence-corrected chi connectivity index (χ3v) is 5.12. The molecule has 0 unspecified atom stereocenters. The summed E-state index contributed by atoms with van der Waals surface area (Å²) in [6.07, 6.45) is 0.212. The Kier molecular flexibility index (Phi) is 6.27. The highest BCUT2D eigenvalue weighted by Crippen LogP contribution is 2.22. The Labute approximate surface area is 166 Å². The molecule has 144 valence electrons. The number of hydrogen-bond acceptors (Lipinski definition) is 3. The van der Waals surface area contributed by atoms with E-state index in [2.05, 4.69) is 17.0 Å². The number of amides is 1. The van der Waals surface area contributed by atoms with E-state index >= 15 is 0 Å². The number of benzene rings is 2. The van der Waals surface area contributed by atoms with Crippen LogP contribution in [0.4, 0.5) is 5.69 Å². The molecule has 2 aromatic rings. The normalized spacial score (nSPS) is 15.6. The molecule has 27 heavy (non-hydrogen) atoms. The molecule has 1 atom stereocenters. The van der Waals surface area contributed by atoms with Gasteiger partial charge in [-0.1, -0.05) is 30.7 Å². The van der Waals surface area contributed by atoms with Crippen LogP contribution in [0.2, 0.25) is 5.02 Å². The number of nitrogens with zero attached hydrogens (tertiary/aromatic N) is 2. The van der Waals surface area contributed by atoms with Crippen molar-refractivity contribution in [2.75, 3.05) is 31.1 Å². The van der Waals surface area contributed by atoms with E-state index < -0.39 is 6.10 Å². The Morgan fingerprint density at radius 1 is 1.07 bits per heavy atom. The van der Waals surface area contributed by atoms with E-state index in [1.54, 1.807) is 0 Å². The van der Waals surface area contributed by atoms with Crippen molar-refractivity contribution < 1.29 is 9.53 Å². The first-order valence-corrected chi connectivity index (χ1v) is 9.88. The zero-order chi connectivity index (χ0) is 19.4. The lowest BCUT2D eigenvalue weighted by Gasteiger charge is -2.37. The van der Waals surface area contributed by atoms with Gasteiger partial charge < -0.3 is 14.5 Å². The second-order valence-electron chi connectivity index (χ2n) is 7.13. The Morgan fingerprint density at radius 3 is 2.33 bits per heavy atom. The fourth-order valence-corrected chi connectivity index (χ4v) is 3.72. The maximum Gasteiger partial charge on any atom is 0.263 e. The Balaban J connectivity index is 1.61. The lowest BCUT2D eigenvalue weighted by Crippen LogP contribution is -2.52. The van der Waals surface area contributed by atoms with Gasteiger partial charge in [-0.2, -0.15) is 0 Å². The summed E-state index contributed by atoms with van der Waals surface area (Å²) in [5, 5.41) is 0.735. The average Bonchev–Trinajstić information content (AvgIpc) is 2.65. The second kappa shape index (κ2) is 8.66. The monoisotopic (exact) mass is 386 g/mol. The van der Waals surface area contributed by atoms with Crippen molar-refractivity contribution in [3.63, 3.8) is 0 Å². The standard InChI is InChI=1S/C22H27ClN2O2/c1-4-21(27-20-13-16(2)12-17(3)14-20)22(26)25-10-8-24(9-11-25)19-7-5-6-18(23)15-19/h5-7,12-15,21H,4,8-11H2,1-3H3/t21-/m0/s1. The third-order valence-electron chi connectivity index (χ3n) is 4.88. The fourth-order valence-electron chi connectivity index (χ4n) is 3.54. The van der Waals surface area contributed by atoms with Crippen LogP contribution in [-0.4, -0.2) is 43.1 Å². The molecular weight excluding hydrogens is 360 g/mol. The molecule has 0 N–H and O–H groups in total. The van der Waals surface area contributed by atoms with Gasteiger partial charge in [-0.25, -0.2) is 0 Å². The fraction of sp³-hybridized carbons (Fsp3) is 0.409. The van der Waals surface area contributed by atoms with Gasteiger partial charge in [0.05, 0.1) is 0 Å².